The van der Waals surface area contributed by atoms with Crippen molar-refractivity contribution in [2.75, 3.05) is 36.0 Å². The number of primary amides is 2. The maximum atomic E-state index is 14.1. The van der Waals surface area contributed by atoms with E-state index in [0.29, 0.717) is 24.1 Å². The van der Waals surface area contributed by atoms with Gasteiger partial charge in [0.15, 0.2) is 10.3 Å². The lowest BCUT2D eigenvalue weighted by molar-refractivity contribution is -0.173. The van der Waals surface area contributed by atoms with Gasteiger partial charge in [0.1, 0.15) is 40.8 Å². The number of aromatic nitrogens is 2. The van der Waals surface area contributed by atoms with Crippen LogP contribution in [-0.2, 0) is 52.6 Å². The van der Waals surface area contributed by atoms with Crippen molar-refractivity contribution in [3.8, 4) is 0 Å². The van der Waals surface area contributed by atoms with Gasteiger partial charge in [0.2, 0.25) is 12.7 Å². The fraction of sp³-hybridized carbons (Fsp3) is 0.439. The van der Waals surface area contributed by atoms with E-state index >= 15 is 0 Å². The molecule has 0 spiro atoms. The quantitative estimate of drug-likeness (QED) is 0.0539. The Bertz CT molecular complexity index is 2520. The van der Waals surface area contributed by atoms with Gasteiger partial charge in [-0.05, 0) is 45.6 Å². The molecule has 0 aliphatic carbocycles. The lowest BCUT2D eigenvalue weighted by atomic mass is 9.98. The summed E-state index contributed by atoms with van der Waals surface area (Å²) in [5.41, 5.74) is 16.7. The van der Waals surface area contributed by atoms with Gasteiger partial charge < -0.3 is 42.0 Å². The van der Waals surface area contributed by atoms with E-state index in [2.05, 4.69) is 25.9 Å². The fourth-order valence-electron chi connectivity index (χ4n) is 7.02. The van der Waals surface area contributed by atoms with Crippen LogP contribution in [0.3, 0.4) is 0 Å². The van der Waals surface area contributed by atoms with Crippen molar-refractivity contribution in [2.45, 2.75) is 83.1 Å². The van der Waals surface area contributed by atoms with Gasteiger partial charge >= 0.3 is 18.0 Å². The number of carbonyl (C=O) groups is 9. The van der Waals surface area contributed by atoms with Crippen LogP contribution >= 0.6 is 46.2 Å². The fourth-order valence-corrected chi connectivity index (χ4v) is 11.0. The first-order valence-electron chi connectivity index (χ1n) is 20.6. The number of fused-ring (bicyclic) bond motifs is 2. The lowest BCUT2D eigenvalue weighted by Crippen LogP contribution is -2.71. The summed E-state index contributed by atoms with van der Waals surface area (Å²) in [6, 6.07) is -2.11. The summed E-state index contributed by atoms with van der Waals surface area (Å²) in [6.07, 6.45) is 2.96. The summed E-state index contributed by atoms with van der Waals surface area (Å²) in [4.78, 5) is 129. The maximum absolute atomic E-state index is 14.1. The number of rotatable bonds is 18. The van der Waals surface area contributed by atoms with Crippen LogP contribution in [0.2, 0.25) is 0 Å². The Morgan fingerprint density at radius 2 is 1.34 bits per heavy atom. The summed E-state index contributed by atoms with van der Waals surface area (Å²) in [5.74, 6) is -5.16. The normalized spacial score (nSPS) is 20.5. The van der Waals surface area contributed by atoms with Crippen LogP contribution in [0.1, 0.15) is 71.7 Å². The first-order valence-corrected chi connectivity index (χ1v) is 24.5. The molecule has 2 saturated heterocycles. The smallest absolute Gasteiger partial charge is 0.404 e. The summed E-state index contributed by atoms with van der Waals surface area (Å²) < 4.78 is 15.3. The Labute approximate surface area is 399 Å². The zero-order valence-electron chi connectivity index (χ0n) is 36.8. The van der Waals surface area contributed by atoms with Crippen molar-refractivity contribution in [3.63, 3.8) is 0 Å². The monoisotopic (exact) mass is 1000 g/mol. The Kier molecular flexibility index (Phi) is 15.8. The molecular weight excluding hydrogens is 953 g/mol. The van der Waals surface area contributed by atoms with E-state index in [1.54, 1.807) is 45.2 Å². The Hall–Kier alpha value is -6.25. The van der Waals surface area contributed by atoms with Crippen LogP contribution in [-0.4, -0.2) is 121 Å². The van der Waals surface area contributed by atoms with E-state index in [1.165, 1.54) is 38.7 Å². The van der Waals surface area contributed by atoms with Crippen molar-refractivity contribution in [2.24, 2.45) is 16.9 Å². The molecule has 6 rings (SSSR count). The number of ether oxygens (including phenoxy) is 3. The molecule has 7 amide bonds. The van der Waals surface area contributed by atoms with Gasteiger partial charge in [0.05, 0.1) is 27.9 Å². The highest BCUT2D eigenvalue weighted by Gasteiger charge is 2.56. The number of nitrogens with zero attached hydrogens (tertiary/aromatic N) is 4. The summed E-state index contributed by atoms with van der Waals surface area (Å²) in [5, 5.41) is 10.1. The van der Waals surface area contributed by atoms with Crippen LogP contribution in [0.25, 0.3) is 11.1 Å². The van der Waals surface area contributed by atoms with Gasteiger partial charge in [-0.15, -0.1) is 46.2 Å². The molecule has 4 aliphatic heterocycles. The average Bonchev–Trinajstić information content (AvgIpc) is 3.93. The number of β-lactam (4-membered cyclic amide) rings is 2. The second-order valence-electron chi connectivity index (χ2n) is 16.0. The van der Waals surface area contributed by atoms with Crippen LogP contribution in [0.5, 0.6) is 0 Å². The summed E-state index contributed by atoms with van der Waals surface area (Å²) >= 11 is 4.62. The van der Waals surface area contributed by atoms with E-state index in [9.17, 15) is 43.2 Å². The number of amides is 7. The number of hydrogen-bond donors (Lipinski definition) is 6. The number of thioether (sulfide) groups is 2. The number of anilines is 2. The van der Waals surface area contributed by atoms with Gasteiger partial charge in [-0.25, -0.2) is 19.6 Å². The lowest BCUT2D eigenvalue weighted by Gasteiger charge is -2.50. The van der Waals surface area contributed by atoms with Crippen molar-refractivity contribution >= 4 is 121 Å². The minimum atomic E-state index is -1.10. The van der Waals surface area contributed by atoms with Gasteiger partial charge in [-0.3, -0.25) is 48.7 Å². The molecule has 2 aromatic rings. The van der Waals surface area contributed by atoms with Gasteiger partial charge in [-0.2, -0.15) is 0 Å². The summed E-state index contributed by atoms with van der Waals surface area (Å²) in [7, 11) is 0. The molecule has 26 heteroatoms. The summed E-state index contributed by atoms with van der Waals surface area (Å²) in [6.45, 7) is 7.36. The molecule has 4 atom stereocenters. The predicted molar refractivity (Wildman–Crippen MR) is 248 cm³/mol. The molecule has 4 aliphatic rings. The van der Waals surface area contributed by atoms with Crippen molar-refractivity contribution in [3.05, 3.63) is 56.8 Å². The molecule has 2 fully saturated rings. The predicted octanol–water partition coefficient (Wildman–Crippen LogP) is 2.17. The van der Waals surface area contributed by atoms with Crippen molar-refractivity contribution in [1.29, 1.82) is 0 Å². The SMILES string of the molecule is CC/C=C(\C(=O)N[C@@H]1C(=O)N2C(C(=O)Nc3nc(/C(=C/CC)C(=O)N[C@@H]4C(=O)N5C(C(=O)OCOC(=O)C(C)(C)C)=C(CCC(N)=O)CS[C@H]45)cs3)=C(COC(N)=O)CS[C@H]12)c1csc(N)n1. The molecule has 6 heterocycles. The Balaban J connectivity index is 1.14. The van der Waals surface area contributed by atoms with Gasteiger partial charge in [-0.1, -0.05) is 26.0 Å². The molecule has 0 saturated carbocycles. The zero-order valence-corrected chi connectivity index (χ0v) is 40.1. The zero-order chi connectivity index (χ0) is 48.9. The minimum Gasteiger partial charge on any atom is -0.445 e. The molecule has 0 aromatic carbocycles. The van der Waals surface area contributed by atoms with Crippen LogP contribution in [0.15, 0.2) is 45.5 Å². The number of nitrogen functional groups attached to an aromatic ring is 1. The molecule has 0 radical (unpaired) electrons. The first-order chi connectivity index (χ1) is 31.7. The van der Waals surface area contributed by atoms with E-state index in [0.717, 1.165) is 22.7 Å². The van der Waals surface area contributed by atoms with Crippen molar-refractivity contribution in [1.82, 2.24) is 30.4 Å². The molecule has 9 N–H and O–H groups in total. The maximum Gasteiger partial charge on any atom is 0.404 e. The number of carbonyl (C=O) groups excluding carboxylic acids is 9. The topological polar surface area (TPSA) is 328 Å². The highest BCUT2D eigenvalue weighted by molar-refractivity contribution is 8.00. The van der Waals surface area contributed by atoms with E-state index in [-0.39, 0.29) is 68.4 Å². The number of thiazole rings is 2. The van der Waals surface area contributed by atoms with Gasteiger partial charge in [0, 0.05) is 34.3 Å². The minimum absolute atomic E-state index is 0.0284. The largest absolute Gasteiger partial charge is 0.445 e. The Morgan fingerprint density at radius 1 is 0.791 bits per heavy atom. The number of esters is 2. The second kappa shape index (κ2) is 21.1. The third-order valence-corrected chi connectivity index (χ3v) is 14.3. The third-order valence-electron chi connectivity index (χ3n) is 10.2. The van der Waals surface area contributed by atoms with E-state index < -0.39 is 95.1 Å². The molecule has 358 valence electrons. The number of nitrogens with one attached hydrogen (secondary N) is 3. The van der Waals surface area contributed by atoms with Crippen LogP contribution in [0.4, 0.5) is 15.1 Å². The van der Waals surface area contributed by atoms with Crippen molar-refractivity contribution < 1.29 is 57.4 Å². The van der Waals surface area contributed by atoms with Gasteiger partial charge in [0.25, 0.3) is 29.5 Å². The standard InChI is InChI=1S/C41H48N10O12S4/c1-6-8-20(22-15-66-38(43)45-22)29(53)47-25-32(56)50-27(19(12-61-39(44)60)14-65-34(25)50)31(55)49-40-46-23(16-67-40)21(9-7-2)30(54)48-26-33(57)51-28(18(10-11-24(42)52)13-64-35(26)51)36(58)62-17-63-37(59)41(3,4)5/h8-9,15-16,25-26,34-35H,6-7,10-14,17H2,1-5H3,(H2,42,52)(H2,43,45)(H2,44,60)(H,47,53)(H,48,54)(H,46,49,55)/b20-8-,21-9-/t25-,26-,34-,35-/m1/s1. The molecule has 67 heavy (non-hydrogen) atoms. The molecular formula is C41H48N10O12S4. The van der Waals surface area contributed by atoms with Crippen LogP contribution in [0, 0.1) is 5.41 Å². The van der Waals surface area contributed by atoms with Crippen LogP contribution < -0.4 is 33.2 Å². The number of allylic oxidation sites excluding steroid dienone is 2. The molecule has 0 unspecified atom stereocenters. The van der Waals surface area contributed by atoms with E-state index in [1.807, 2.05) is 6.92 Å². The second-order valence-corrected chi connectivity index (χ2v) is 20.0. The van der Waals surface area contributed by atoms with E-state index in [4.69, 9.17) is 31.4 Å². The third kappa shape index (κ3) is 11.1. The number of hydrogen-bond acceptors (Lipinski definition) is 19. The Morgan fingerprint density at radius 3 is 1.87 bits per heavy atom. The molecule has 0 bridgehead atoms. The molecule has 22 nitrogen and oxygen atoms in total. The molecule has 2 aromatic heterocycles. The first kappa shape index (κ1) is 50.2. The average molecular weight is 1000 g/mol. The highest BCUT2D eigenvalue weighted by atomic mass is 32.2. The number of nitrogens with two attached hydrogens (primary N) is 3. The highest BCUT2D eigenvalue weighted by Crippen LogP contribution is 2.43.